The molecule has 0 aromatic heterocycles. The summed E-state index contributed by atoms with van der Waals surface area (Å²) in [6.45, 7) is 5.02. The van der Waals surface area contributed by atoms with Gasteiger partial charge in [0.05, 0.1) is 23.1 Å². The predicted molar refractivity (Wildman–Crippen MR) is 118 cm³/mol. The van der Waals surface area contributed by atoms with E-state index in [-0.39, 0.29) is 29.2 Å². The maximum absolute atomic E-state index is 13.1. The van der Waals surface area contributed by atoms with E-state index in [1.54, 1.807) is 43.0 Å². The SMILES string of the molecule is CCOC(=O)C1CCCN(C(=O)c2ccc(S(=O)(=O)N(CC)c3ccccc3)cc2)C1. The molecule has 0 radical (unpaired) electrons. The van der Waals surface area contributed by atoms with Crippen molar-refractivity contribution < 1.29 is 22.7 Å². The summed E-state index contributed by atoms with van der Waals surface area (Å²) in [5, 5.41) is 0. The van der Waals surface area contributed by atoms with E-state index in [1.807, 2.05) is 6.07 Å². The number of ether oxygens (including phenoxy) is 1. The van der Waals surface area contributed by atoms with E-state index < -0.39 is 10.0 Å². The Hall–Kier alpha value is -2.87. The first kappa shape index (κ1) is 22.8. The topological polar surface area (TPSA) is 84.0 Å². The molecule has 0 saturated carbocycles. The van der Waals surface area contributed by atoms with Crippen LogP contribution in [-0.4, -0.2) is 51.4 Å². The van der Waals surface area contributed by atoms with Gasteiger partial charge in [-0.3, -0.25) is 13.9 Å². The monoisotopic (exact) mass is 444 g/mol. The van der Waals surface area contributed by atoms with Crippen LogP contribution in [0.4, 0.5) is 5.69 Å². The quantitative estimate of drug-likeness (QED) is 0.612. The highest BCUT2D eigenvalue weighted by atomic mass is 32.2. The van der Waals surface area contributed by atoms with Crippen LogP contribution in [0.3, 0.4) is 0 Å². The van der Waals surface area contributed by atoms with Crippen LogP contribution in [0.25, 0.3) is 0 Å². The zero-order valence-electron chi connectivity index (χ0n) is 17.9. The average molecular weight is 445 g/mol. The number of carbonyl (C=O) groups is 2. The molecule has 7 nitrogen and oxygen atoms in total. The van der Waals surface area contributed by atoms with Crippen molar-refractivity contribution in [1.29, 1.82) is 0 Å². The molecule has 1 heterocycles. The van der Waals surface area contributed by atoms with Crippen molar-refractivity contribution in [3.8, 4) is 0 Å². The molecule has 0 spiro atoms. The number of amides is 1. The summed E-state index contributed by atoms with van der Waals surface area (Å²) in [6, 6.07) is 14.9. The Kier molecular flexibility index (Phi) is 7.33. The van der Waals surface area contributed by atoms with Crippen LogP contribution in [-0.2, 0) is 19.6 Å². The first-order valence-electron chi connectivity index (χ1n) is 10.5. The van der Waals surface area contributed by atoms with Gasteiger partial charge in [0.1, 0.15) is 0 Å². The van der Waals surface area contributed by atoms with Gasteiger partial charge in [-0.1, -0.05) is 18.2 Å². The minimum absolute atomic E-state index is 0.123. The molecule has 1 saturated heterocycles. The van der Waals surface area contributed by atoms with E-state index in [9.17, 15) is 18.0 Å². The molecule has 1 unspecified atom stereocenters. The van der Waals surface area contributed by atoms with Gasteiger partial charge in [-0.2, -0.15) is 0 Å². The van der Waals surface area contributed by atoms with Crippen molar-refractivity contribution >= 4 is 27.6 Å². The zero-order valence-corrected chi connectivity index (χ0v) is 18.7. The number of hydrogen-bond donors (Lipinski definition) is 0. The second-order valence-corrected chi connectivity index (χ2v) is 9.23. The number of likely N-dealkylation sites (tertiary alicyclic amines) is 1. The van der Waals surface area contributed by atoms with Crippen molar-refractivity contribution in [3.63, 3.8) is 0 Å². The first-order chi connectivity index (χ1) is 14.9. The summed E-state index contributed by atoms with van der Waals surface area (Å²) in [7, 11) is -3.75. The predicted octanol–water partition coefficient (Wildman–Crippen LogP) is 3.32. The lowest BCUT2D eigenvalue weighted by molar-refractivity contribution is -0.149. The molecule has 1 aliphatic rings. The fraction of sp³-hybridized carbons (Fsp3) is 0.391. The molecular formula is C23H28N2O5S. The van der Waals surface area contributed by atoms with E-state index in [0.29, 0.717) is 37.4 Å². The van der Waals surface area contributed by atoms with Crippen LogP contribution in [0.15, 0.2) is 59.5 Å². The number of para-hydroxylation sites is 1. The number of sulfonamides is 1. The summed E-state index contributed by atoms with van der Waals surface area (Å²) in [4.78, 5) is 26.7. The molecule has 0 bridgehead atoms. The Morgan fingerprint density at radius 2 is 1.74 bits per heavy atom. The van der Waals surface area contributed by atoms with Gasteiger partial charge in [-0.05, 0) is 63.1 Å². The van der Waals surface area contributed by atoms with E-state index in [1.165, 1.54) is 28.6 Å². The van der Waals surface area contributed by atoms with E-state index in [4.69, 9.17) is 4.74 Å². The fourth-order valence-corrected chi connectivity index (χ4v) is 5.25. The van der Waals surface area contributed by atoms with Crippen LogP contribution in [0.2, 0.25) is 0 Å². The molecule has 1 aliphatic heterocycles. The maximum Gasteiger partial charge on any atom is 0.310 e. The Morgan fingerprint density at radius 1 is 1.06 bits per heavy atom. The van der Waals surface area contributed by atoms with Crippen LogP contribution >= 0.6 is 0 Å². The van der Waals surface area contributed by atoms with Gasteiger partial charge >= 0.3 is 5.97 Å². The molecule has 0 N–H and O–H groups in total. The Labute approximate surface area is 183 Å². The lowest BCUT2D eigenvalue weighted by Crippen LogP contribution is -2.42. The number of rotatable bonds is 7. The van der Waals surface area contributed by atoms with E-state index >= 15 is 0 Å². The smallest absolute Gasteiger partial charge is 0.310 e. The van der Waals surface area contributed by atoms with Crippen molar-refractivity contribution in [2.45, 2.75) is 31.6 Å². The Bertz CT molecular complexity index is 1010. The van der Waals surface area contributed by atoms with E-state index in [2.05, 4.69) is 0 Å². The van der Waals surface area contributed by atoms with Crippen LogP contribution in [0.1, 0.15) is 37.0 Å². The maximum atomic E-state index is 13.1. The van der Waals surface area contributed by atoms with Crippen molar-refractivity contribution in [2.24, 2.45) is 5.92 Å². The molecule has 3 rings (SSSR count). The number of piperidine rings is 1. The molecule has 31 heavy (non-hydrogen) atoms. The minimum Gasteiger partial charge on any atom is -0.466 e. The van der Waals surface area contributed by atoms with Gasteiger partial charge in [0, 0.05) is 25.2 Å². The second kappa shape index (κ2) is 9.96. The normalized spacial score (nSPS) is 16.6. The highest BCUT2D eigenvalue weighted by Gasteiger charge is 2.30. The van der Waals surface area contributed by atoms with Crippen LogP contribution in [0.5, 0.6) is 0 Å². The van der Waals surface area contributed by atoms with Gasteiger partial charge < -0.3 is 9.64 Å². The Balaban J connectivity index is 1.76. The van der Waals surface area contributed by atoms with Crippen molar-refractivity contribution in [1.82, 2.24) is 4.90 Å². The number of carbonyl (C=O) groups excluding carboxylic acids is 2. The largest absolute Gasteiger partial charge is 0.466 e. The number of esters is 1. The van der Waals surface area contributed by atoms with Gasteiger partial charge in [0.25, 0.3) is 15.9 Å². The number of hydrogen-bond acceptors (Lipinski definition) is 5. The molecule has 1 fully saturated rings. The minimum atomic E-state index is -3.75. The van der Waals surface area contributed by atoms with Crippen molar-refractivity contribution in [3.05, 3.63) is 60.2 Å². The fourth-order valence-electron chi connectivity index (χ4n) is 3.78. The summed E-state index contributed by atoms with van der Waals surface area (Å²) in [6.07, 6.45) is 1.43. The zero-order chi connectivity index (χ0) is 22.4. The first-order valence-corrected chi connectivity index (χ1v) is 12.0. The molecule has 2 aromatic carbocycles. The lowest BCUT2D eigenvalue weighted by Gasteiger charge is -2.31. The van der Waals surface area contributed by atoms with Crippen LogP contribution < -0.4 is 4.31 Å². The summed E-state index contributed by atoms with van der Waals surface area (Å²) >= 11 is 0. The lowest BCUT2D eigenvalue weighted by atomic mass is 9.97. The van der Waals surface area contributed by atoms with Crippen molar-refractivity contribution in [2.75, 3.05) is 30.5 Å². The second-order valence-electron chi connectivity index (χ2n) is 7.37. The number of anilines is 1. The third kappa shape index (κ3) is 5.07. The molecule has 0 aliphatic carbocycles. The third-order valence-corrected chi connectivity index (χ3v) is 7.27. The van der Waals surface area contributed by atoms with Gasteiger partial charge in [-0.25, -0.2) is 8.42 Å². The van der Waals surface area contributed by atoms with Gasteiger partial charge in [-0.15, -0.1) is 0 Å². The summed E-state index contributed by atoms with van der Waals surface area (Å²) < 4.78 is 32.6. The van der Waals surface area contributed by atoms with Gasteiger partial charge in [0.2, 0.25) is 0 Å². The van der Waals surface area contributed by atoms with E-state index in [0.717, 1.165) is 6.42 Å². The summed E-state index contributed by atoms with van der Waals surface area (Å²) in [5.74, 6) is -0.809. The highest BCUT2D eigenvalue weighted by Crippen LogP contribution is 2.24. The molecule has 8 heteroatoms. The molecule has 166 valence electrons. The average Bonchev–Trinajstić information content (AvgIpc) is 2.80. The Morgan fingerprint density at radius 3 is 2.35 bits per heavy atom. The molecule has 2 aromatic rings. The summed E-state index contributed by atoms with van der Waals surface area (Å²) in [5.41, 5.74) is 0.981. The molecular weight excluding hydrogens is 416 g/mol. The standard InChI is InChI=1S/C23H28N2O5S/c1-3-25(20-10-6-5-7-11-20)31(28,29)21-14-12-18(13-15-21)22(26)24-16-8-9-19(17-24)23(27)30-4-2/h5-7,10-15,19H,3-4,8-9,16-17H2,1-2H3. The number of benzene rings is 2. The molecule has 1 atom stereocenters. The number of nitrogens with zero attached hydrogens (tertiary/aromatic N) is 2. The van der Waals surface area contributed by atoms with Crippen LogP contribution in [0, 0.1) is 5.92 Å². The third-order valence-electron chi connectivity index (χ3n) is 5.35. The highest BCUT2D eigenvalue weighted by molar-refractivity contribution is 7.92. The molecule has 1 amide bonds. The van der Waals surface area contributed by atoms with Gasteiger partial charge in [0.15, 0.2) is 0 Å².